The second kappa shape index (κ2) is 4.78. The van der Waals surface area contributed by atoms with Gasteiger partial charge in [-0.25, -0.2) is 4.98 Å². The van der Waals surface area contributed by atoms with Crippen molar-refractivity contribution in [2.24, 2.45) is 5.41 Å². The van der Waals surface area contributed by atoms with Gasteiger partial charge < -0.3 is 10.6 Å². The number of hydrogen-bond acceptors (Lipinski definition) is 5. The Kier molecular flexibility index (Phi) is 3.28. The number of rotatable bonds is 4. The molecule has 0 spiro atoms. The summed E-state index contributed by atoms with van der Waals surface area (Å²) in [5, 5.41) is 8.06. The predicted octanol–water partition coefficient (Wildman–Crippen LogP) is 2.61. The van der Waals surface area contributed by atoms with Crippen LogP contribution in [0, 0.1) is 5.41 Å². The largest absolute Gasteiger partial charge is 0.359 e. The molecule has 5 heteroatoms. The fraction of sp³-hybridized carbons (Fsp3) is 0.846. The van der Waals surface area contributed by atoms with Crippen LogP contribution in [0.25, 0.3) is 0 Å². The van der Waals surface area contributed by atoms with Gasteiger partial charge in [-0.3, -0.25) is 0 Å². The van der Waals surface area contributed by atoms with Crippen LogP contribution in [-0.2, 0) is 0 Å². The Morgan fingerprint density at radius 1 is 1.44 bits per heavy atom. The Morgan fingerprint density at radius 3 is 3.00 bits per heavy atom. The fourth-order valence-corrected chi connectivity index (χ4v) is 3.27. The fourth-order valence-electron chi connectivity index (χ4n) is 2.62. The van der Waals surface area contributed by atoms with Crippen LogP contribution >= 0.6 is 11.5 Å². The zero-order chi connectivity index (χ0) is 12.6. The molecule has 2 aliphatic rings. The monoisotopic (exact) mass is 266 g/mol. The Bertz CT molecular complexity index is 411. The number of anilines is 1. The maximum atomic E-state index is 4.57. The maximum Gasteiger partial charge on any atom is 0.202 e. The molecule has 100 valence electrons. The summed E-state index contributed by atoms with van der Waals surface area (Å²) < 4.78 is 4.43. The zero-order valence-electron chi connectivity index (χ0n) is 11.2. The van der Waals surface area contributed by atoms with Crippen molar-refractivity contribution in [3.63, 3.8) is 0 Å². The van der Waals surface area contributed by atoms with E-state index in [0.29, 0.717) is 17.4 Å². The van der Waals surface area contributed by atoms with E-state index in [1.165, 1.54) is 37.2 Å². The highest BCUT2D eigenvalue weighted by Gasteiger charge is 2.32. The third-order valence-electron chi connectivity index (χ3n) is 4.17. The van der Waals surface area contributed by atoms with Crippen molar-refractivity contribution in [3.8, 4) is 0 Å². The summed E-state index contributed by atoms with van der Waals surface area (Å²) >= 11 is 1.51. The maximum absolute atomic E-state index is 4.57. The van der Waals surface area contributed by atoms with Crippen LogP contribution in [0.2, 0.25) is 0 Å². The smallest absolute Gasteiger partial charge is 0.202 e. The quantitative estimate of drug-likeness (QED) is 0.879. The van der Waals surface area contributed by atoms with Crippen molar-refractivity contribution in [3.05, 3.63) is 5.82 Å². The third kappa shape index (κ3) is 2.67. The standard InChI is InChI=1S/C13H22N4S/c1-13(2)6-3-7-14-10(13)8-15-12-16-11(17-18-12)9-4-5-9/h9-10,14H,3-8H2,1-2H3,(H,15,16,17). The van der Waals surface area contributed by atoms with Crippen molar-refractivity contribution in [1.82, 2.24) is 14.7 Å². The van der Waals surface area contributed by atoms with Gasteiger partial charge in [-0.1, -0.05) is 13.8 Å². The number of nitrogens with zero attached hydrogens (tertiary/aromatic N) is 2. The second-order valence-corrected chi connectivity index (χ2v) is 6.96. The lowest BCUT2D eigenvalue weighted by molar-refractivity contribution is 0.188. The lowest BCUT2D eigenvalue weighted by Crippen LogP contribution is -2.50. The molecule has 1 aromatic heterocycles. The molecule has 3 rings (SSSR count). The third-order valence-corrected chi connectivity index (χ3v) is 4.86. The lowest BCUT2D eigenvalue weighted by Gasteiger charge is -2.39. The molecule has 1 aromatic rings. The summed E-state index contributed by atoms with van der Waals surface area (Å²) in [6.45, 7) is 6.79. The van der Waals surface area contributed by atoms with Gasteiger partial charge in [-0.2, -0.15) is 4.37 Å². The molecular formula is C13H22N4S. The van der Waals surface area contributed by atoms with Crippen LogP contribution in [0.5, 0.6) is 0 Å². The number of hydrogen-bond donors (Lipinski definition) is 2. The van der Waals surface area contributed by atoms with Gasteiger partial charge in [0, 0.05) is 30.0 Å². The second-order valence-electron chi connectivity index (χ2n) is 6.21. The van der Waals surface area contributed by atoms with Gasteiger partial charge in [0.15, 0.2) is 0 Å². The van der Waals surface area contributed by atoms with E-state index in [1.54, 1.807) is 0 Å². The molecule has 1 atom stereocenters. The minimum Gasteiger partial charge on any atom is -0.359 e. The van der Waals surface area contributed by atoms with Gasteiger partial charge in [0.2, 0.25) is 5.13 Å². The van der Waals surface area contributed by atoms with Crippen LogP contribution in [0.1, 0.15) is 51.3 Å². The van der Waals surface area contributed by atoms with Crippen molar-refractivity contribution < 1.29 is 0 Å². The van der Waals surface area contributed by atoms with E-state index in [0.717, 1.165) is 24.0 Å². The van der Waals surface area contributed by atoms with E-state index in [4.69, 9.17) is 0 Å². The Balaban J connectivity index is 1.55. The van der Waals surface area contributed by atoms with Gasteiger partial charge in [-0.05, 0) is 37.6 Å². The van der Waals surface area contributed by atoms with E-state index in [2.05, 4.69) is 33.8 Å². The first-order chi connectivity index (χ1) is 8.65. The summed E-state index contributed by atoms with van der Waals surface area (Å²) in [5.74, 6) is 1.71. The van der Waals surface area contributed by atoms with Crippen LogP contribution < -0.4 is 10.6 Å². The highest BCUT2D eigenvalue weighted by molar-refractivity contribution is 7.09. The molecule has 1 aliphatic carbocycles. The summed E-state index contributed by atoms with van der Waals surface area (Å²) in [5.41, 5.74) is 0.370. The molecule has 2 fully saturated rings. The first kappa shape index (κ1) is 12.4. The molecule has 1 saturated heterocycles. The first-order valence-corrected chi connectivity index (χ1v) is 7.73. The van der Waals surface area contributed by atoms with E-state index < -0.39 is 0 Å². The number of aromatic nitrogens is 2. The van der Waals surface area contributed by atoms with Crippen molar-refractivity contribution in [2.75, 3.05) is 18.4 Å². The van der Waals surface area contributed by atoms with Crippen molar-refractivity contribution in [1.29, 1.82) is 0 Å². The normalized spacial score (nSPS) is 27.1. The minimum absolute atomic E-state index is 0.370. The van der Waals surface area contributed by atoms with E-state index >= 15 is 0 Å². The zero-order valence-corrected chi connectivity index (χ0v) is 12.0. The van der Waals surface area contributed by atoms with Crippen LogP contribution in [0.15, 0.2) is 0 Å². The molecule has 0 radical (unpaired) electrons. The Labute approximate surface area is 113 Å². The average molecular weight is 266 g/mol. The van der Waals surface area contributed by atoms with Crippen LogP contribution in [0.3, 0.4) is 0 Å². The van der Waals surface area contributed by atoms with Crippen molar-refractivity contribution in [2.45, 2.75) is 51.5 Å². The number of nitrogens with one attached hydrogen (secondary N) is 2. The summed E-state index contributed by atoms with van der Waals surface area (Å²) in [6.07, 6.45) is 5.13. The molecule has 1 unspecified atom stereocenters. The van der Waals surface area contributed by atoms with Gasteiger partial charge in [-0.15, -0.1) is 0 Å². The molecule has 0 amide bonds. The summed E-state index contributed by atoms with van der Waals surface area (Å²) in [6, 6.07) is 0.527. The molecule has 4 nitrogen and oxygen atoms in total. The van der Waals surface area contributed by atoms with Gasteiger partial charge in [0.05, 0.1) is 0 Å². The Hall–Kier alpha value is -0.680. The highest BCUT2D eigenvalue weighted by atomic mass is 32.1. The van der Waals surface area contributed by atoms with Gasteiger partial charge in [0.1, 0.15) is 5.82 Å². The topological polar surface area (TPSA) is 49.8 Å². The summed E-state index contributed by atoms with van der Waals surface area (Å²) in [7, 11) is 0. The minimum atomic E-state index is 0.370. The van der Waals surface area contributed by atoms with E-state index in [9.17, 15) is 0 Å². The molecule has 18 heavy (non-hydrogen) atoms. The Morgan fingerprint density at radius 2 is 2.28 bits per heavy atom. The SMILES string of the molecule is CC1(C)CCCNC1CNc1nc(C2CC2)ns1. The molecule has 1 aliphatic heterocycles. The molecular weight excluding hydrogens is 244 g/mol. The molecule has 0 aromatic carbocycles. The van der Waals surface area contributed by atoms with Crippen LogP contribution in [0.4, 0.5) is 5.13 Å². The lowest BCUT2D eigenvalue weighted by atomic mass is 9.77. The number of piperidine rings is 1. The molecule has 2 N–H and O–H groups in total. The van der Waals surface area contributed by atoms with E-state index in [-0.39, 0.29) is 0 Å². The predicted molar refractivity (Wildman–Crippen MR) is 75.2 cm³/mol. The van der Waals surface area contributed by atoms with E-state index in [1.807, 2.05) is 0 Å². The molecule has 1 saturated carbocycles. The van der Waals surface area contributed by atoms with Crippen molar-refractivity contribution >= 4 is 16.7 Å². The highest BCUT2D eigenvalue weighted by Crippen LogP contribution is 2.39. The van der Waals surface area contributed by atoms with Crippen LogP contribution in [-0.4, -0.2) is 28.5 Å². The van der Waals surface area contributed by atoms with Gasteiger partial charge in [0.25, 0.3) is 0 Å². The molecule has 2 heterocycles. The summed E-state index contributed by atoms with van der Waals surface area (Å²) in [4.78, 5) is 4.57. The average Bonchev–Trinajstić information content (AvgIpc) is 3.08. The molecule has 0 bridgehead atoms. The first-order valence-electron chi connectivity index (χ1n) is 6.96. The van der Waals surface area contributed by atoms with Gasteiger partial charge >= 0.3 is 0 Å².